The fraction of sp³-hybridized carbons (Fsp3) is 0.667. The van der Waals surface area contributed by atoms with Crippen LogP contribution >= 0.6 is 15.9 Å². The van der Waals surface area contributed by atoms with Crippen LogP contribution in [0.5, 0.6) is 0 Å². The van der Waals surface area contributed by atoms with E-state index < -0.39 is 0 Å². The molecule has 1 aromatic carbocycles. The van der Waals surface area contributed by atoms with Crippen molar-refractivity contribution < 1.29 is 4.74 Å². The highest BCUT2D eigenvalue weighted by Crippen LogP contribution is 2.22. The molecule has 0 spiro atoms. The van der Waals surface area contributed by atoms with Crippen molar-refractivity contribution in [1.29, 1.82) is 0 Å². The second kappa shape index (κ2) is 7.43. The van der Waals surface area contributed by atoms with E-state index in [-0.39, 0.29) is 0 Å². The van der Waals surface area contributed by atoms with Gasteiger partial charge in [0.1, 0.15) is 0 Å². The number of rotatable bonds is 3. The quantitative estimate of drug-likeness (QED) is 0.813. The molecule has 2 fully saturated rings. The van der Waals surface area contributed by atoms with Crippen molar-refractivity contribution in [2.24, 2.45) is 0 Å². The summed E-state index contributed by atoms with van der Waals surface area (Å²) in [5.74, 6) is 0. The van der Waals surface area contributed by atoms with Gasteiger partial charge in [0.15, 0.2) is 0 Å². The number of ether oxygens (including phenoxy) is 1. The van der Waals surface area contributed by atoms with E-state index in [1.807, 2.05) is 0 Å². The molecule has 0 aromatic heterocycles. The van der Waals surface area contributed by atoms with Crippen molar-refractivity contribution >= 4 is 15.9 Å². The van der Waals surface area contributed by atoms with Gasteiger partial charge >= 0.3 is 0 Å². The Morgan fingerprint density at radius 2 is 1.64 bits per heavy atom. The number of hydrogen-bond donors (Lipinski definition) is 0. The summed E-state index contributed by atoms with van der Waals surface area (Å²) in [6.45, 7) is 10.1. The van der Waals surface area contributed by atoms with Crippen molar-refractivity contribution in [3.8, 4) is 0 Å². The molecule has 2 aliphatic heterocycles. The van der Waals surface area contributed by atoms with E-state index in [2.05, 4.69) is 63.8 Å². The maximum atomic E-state index is 5.86. The van der Waals surface area contributed by atoms with Crippen LogP contribution < -0.4 is 0 Å². The van der Waals surface area contributed by atoms with Crippen LogP contribution in [0.4, 0.5) is 0 Å². The maximum absolute atomic E-state index is 5.86. The molecule has 1 aromatic rings. The molecule has 3 nitrogen and oxygen atoms in total. The molecule has 0 amide bonds. The van der Waals surface area contributed by atoms with E-state index in [1.165, 1.54) is 31.5 Å². The van der Waals surface area contributed by atoms with Crippen LogP contribution in [-0.4, -0.2) is 54.2 Å². The van der Waals surface area contributed by atoms with Crippen molar-refractivity contribution in [3.05, 3.63) is 34.3 Å². The lowest BCUT2D eigenvalue weighted by molar-refractivity contribution is -0.0865. The van der Waals surface area contributed by atoms with E-state index in [0.29, 0.717) is 12.2 Å². The summed E-state index contributed by atoms with van der Waals surface area (Å²) in [5, 5.41) is 0. The first-order valence-corrected chi connectivity index (χ1v) is 9.26. The summed E-state index contributed by atoms with van der Waals surface area (Å²) >= 11 is 3.50. The molecule has 0 radical (unpaired) electrons. The summed E-state index contributed by atoms with van der Waals surface area (Å²) in [6, 6.07) is 9.47. The molecule has 2 atom stereocenters. The van der Waals surface area contributed by atoms with Crippen LogP contribution in [0, 0.1) is 0 Å². The lowest BCUT2D eigenvalue weighted by Gasteiger charge is -2.43. The standard InChI is InChI=1S/C18H27BrN2O/c1-14-11-21(12-15(2)22-14)18-7-9-20(10-8-18)13-16-3-5-17(19)6-4-16/h3-6,14-15,18H,7-13H2,1-2H3/t14-,15+. The number of benzene rings is 1. The smallest absolute Gasteiger partial charge is 0.0678 e. The molecule has 4 heteroatoms. The Labute approximate surface area is 142 Å². The van der Waals surface area contributed by atoms with Crippen molar-refractivity contribution in [3.63, 3.8) is 0 Å². The van der Waals surface area contributed by atoms with E-state index in [0.717, 1.165) is 30.1 Å². The number of likely N-dealkylation sites (tertiary alicyclic amines) is 1. The van der Waals surface area contributed by atoms with Crippen LogP contribution in [0.15, 0.2) is 28.7 Å². The second-order valence-electron chi connectivity index (χ2n) is 6.85. The molecule has 0 N–H and O–H groups in total. The monoisotopic (exact) mass is 366 g/mol. The zero-order valence-electron chi connectivity index (χ0n) is 13.7. The second-order valence-corrected chi connectivity index (χ2v) is 7.76. The molecule has 2 saturated heterocycles. The predicted molar refractivity (Wildman–Crippen MR) is 94.0 cm³/mol. The largest absolute Gasteiger partial charge is 0.373 e. The molecule has 122 valence electrons. The molecule has 2 heterocycles. The third-order valence-electron chi connectivity index (χ3n) is 4.84. The van der Waals surface area contributed by atoms with Crippen LogP contribution in [0.2, 0.25) is 0 Å². The maximum Gasteiger partial charge on any atom is 0.0678 e. The summed E-state index contributed by atoms with van der Waals surface area (Å²) in [7, 11) is 0. The first kappa shape index (κ1) is 16.4. The van der Waals surface area contributed by atoms with Gasteiger partial charge in [0.25, 0.3) is 0 Å². The average molecular weight is 367 g/mol. The zero-order chi connectivity index (χ0) is 15.5. The molecule has 0 aliphatic carbocycles. The fourth-order valence-corrected chi connectivity index (χ4v) is 4.07. The van der Waals surface area contributed by atoms with Crippen LogP contribution in [-0.2, 0) is 11.3 Å². The molecular weight excluding hydrogens is 340 g/mol. The highest BCUT2D eigenvalue weighted by Gasteiger charge is 2.30. The van der Waals surface area contributed by atoms with E-state index in [1.54, 1.807) is 0 Å². The Morgan fingerprint density at radius 3 is 2.23 bits per heavy atom. The number of morpholine rings is 1. The van der Waals surface area contributed by atoms with Gasteiger partial charge in [-0.05, 0) is 57.5 Å². The lowest BCUT2D eigenvalue weighted by atomic mass is 10.0. The highest BCUT2D eigenvalue weighted by molar-refractivity contribution is 9.10. The molecule has 2 aliphatic rings. The number of nitrogens with zero attached hydrogens (tertiary/aromatic N) is 2. The Balaban J connectivity index is 1.48. The van der Waals surface area contributed by atoms with Crippen molar-refractivity contribution in [2.45, 2.75) is 51.5 Å². The predicted octanol–water partition coefficient (Wildman–Crippen LogP) is 3.52. The fourth-order valence-electron chi connectivity index (χ4n) is 3.81. The van der Waals surface area contributed by atoms with Gasteiger partial charge in [-0.25, -0.2) is 0 Å². The minimum Gasteiger partial charge on any atom is -0.373 e. The topological polar surface area (TPSA) is 15.7 Å². The van der Waals surface area contributed by atoms with Crippen molar-refractivity contribution in [2.75, 3.05) is 26.2 Å². The Morgan fingerprint density at radius 1 is 1.05 bits per heavy atom. The molecule has 3 rings (SSSR count). The van der Waals surface area contributed by atoms with Gasteiger partial charge in [0.05, 0.1) is 12.2 Å². The molecule has 0 bridgehead atoms. The van der Waals surface area contributed by atoms with E-state index in [4.69, 9.17) is 4.74 Å². The average Bonchev–Trinajstić information content (AvgIpc) is 2.49. The van der Waals surface area contributed by atoms with Gasteiger partial charge in [-0.15, -0.1) is 0 Å². The summed E-state index contributed by atoms with van der Waals surface area (Å²) in [4.78, 5) is 5.25. The van der Waals surface area contributed by atoms with Gasteiger partial charge < -0.3 is 4.74 Å². The summed E-state index contributed by atoms with van der Waals surface area (Å²) in [6.07, 6.45) is 3.33. The van der Waals surface area contributed by atoms with Crippen LogP contribution in [0.25, 0.3) is 0 Å². The Bertz CT molecular complexity index is 460. The van der Waals surface area contributed by atoms with Gasteiger partial charge in [-0.1, -0.05) is 28.1 Å². The summed E-state index contributed by atoms with van der Waals surface area (Å²) < 4.78 is 7.02. The third-order valence-corrected chi connectivity index (χ3v) is 5.37. The first-order valence-electron chi connectivity index (χ1n) is 8.46. The van der Waals surface area contributed by atoms with Gasteiger partial charge in [-0.2, -0.15) is 0 Å². The van der Waals surface area contributed by atoms with Crippen molar-refractivity contribution in [1.82, 2.24) is 9.80 Å². The first-order chi connectivity index (χ1) is 10.6. The van der Waals surface area contributed by atoms with E-state index >= 15 is 0 Å². The number of piperidine rings is 1. The van der Waals surface area contributed by atoms with Crippen LogP contribution in [0.1, 0.15) is 32.3 Å². The summed E-state index contributed by atoms with van der Waals surface area (Å²) in [5.41, 5.74) is 1.41. The van der Waals surface area contributed by atoms with Gasteiger partial charge in [0, 0.05) is 30.1 Å². The minimum atomic E-state index is 0.379. The normalized spacial score (nSPS) is 28.9. The lowest BCUT2D eigenvalue weighted by Crippen LogP contribution is -2.53. The zero-order valence-corrected chi connectivity index (χ0v) is 15.3. The molecule has 22 heavy (non-hydrogen) atoms. The van der Waals surface area contributed by atoms with E-state index in [9.17, 15) is 0 Å². The van der Waals surface area contributed by atoms with Gasteiger partial charge in [0.2, 0.25) is 0 Å². The van der Waals surface area contributed by atoms with Gasteiger partial charge in [-0.3, -0.25) is 9.80 Å². The SMILES string of the molecule is C[C@@H]1CN(C2CCN(Cc3ccc(Br)cc3)CC2)C[C@H](C)O1. The minimum absolute atomic E-state index is 0.379. The number of hydrogen-bond acceptors (Lipinski definition) is 3. The third kappa shape index (κ3) is 4.31. The highest BCUT2D eigenvalue weighted by atomic mass is 79.9. The van der Waals surface area contributed by atoms with Crippen LogP contribution in [0.3, 0.4) is 0 Å². The Kier molecular flexibility index (Phi) is 5.55. The number of halogens is 1. The molecule has 0 saturated carbocycles. The molecular formula is C18H27BrN2O. The Hall–Kier alpha value is -0.420. The molecule has 0 unspecified atom stereocenters.